The van der Waals surface area contributed by atoms with Gasteiger partial charge in [-0.15, -0.1) is 0 Å². The van der Waals surface area contributed by atoms with E-state index < -0.39 is 0 Å². The van der Waals surface area contributed by atoms with Gasteiger partial charge in [0.25, 0.3) is 0 Å². The summed E-state index contributed by atoms with van der Waals surface area (Å²) in [5, 5.41) is 3.06. The first-order valence-electron chi connectivity index (χ1n) is 7.38. The summed E-state index contributed by atoms with van der Waals surface area (Å²) in [6.07, 6.45) is 5.85. The van der Waals surface area contributed by atoms with Gasteiger partial charge in [0.15, 0.2) is 5.96 Å². The monoisotopic (exact) mass is 301 g/mol. The summed E-state index contributed by atoms with van der Waals surface area (Å²) in [4.78, 5) is 8.53. The Morgan fingerprint density at radius 1 is 1.41 bits per heavy atom. The molecule has 0 saturated heterocycles. The Hall–Kier alpha value is -2.50. The van der Waals surface area contributed by atoms with E-state index in [-0.39, 0.29) is 0 Å². The predicted octanol–water partition coefficient (Wildman–Crippen LogP) is 2.41. The Morgan fingerprint density at radius 2 is 2.27 bits per heavy atom. The fraction of sp³-hybridized carbons (Fsp3) is 0.375. The van der Waals surface area contributed by atoms with E-state index in [1.165, 1.54) is 0 Å². The molecule has 0 unspecified atom stereocenters. The SMILES string of the molecule is COc1cccc(NC(N)=NCCCCn2ccnc2C)c1. The van der Waals surface area contributed by atoms with Gasteiger partial charge in [-0.05, 0) is 31.9 Å². The zero-order chi connectivity index (χ0) is 15.8. The predicted molar refractivity (Wildman–Crippen MR) is 89.3 cm³/mol. The zero-order valence-corrected chi connectivity index (χ0v) is 13.1. The van der Waals surface area contributed by atoms with Gasteiger partial charge in [-0.25, -0.2) is 4.98 Å². The van der Waals surface area contributed by atoms with E-state index in [0.29, 0.717) is 12.5 Å². The Bertz CT molecular complexity index is 621. The molecule has 0 aliphatic rings. The third-order valence-corrected chi connectivity index (χ3v) is 3.36. The first-order chi connectivity index (χ1) is 10.7. The number of hydrogen-bond acceptors (Lipinski definition) is 3. The van der Waals surface area contributed by atoms with Crippen LogP contribution in [0.25, 0.3) is 0 Å². The first kappa shape index (κ1) is 15.9. The standard InChI is InChI=1S/C16H23N5O/c1-13-18-9-11-21(13)10-4-3-8-19-16(17)20-14-6-5-7-15(12-14)22-2/h5-7,9,11-12H,3-4,8,10H2,1-2H3,(H3,17,19,20). The van der Waals surface area contributed by atoms with Gasteiger partial charge in [-0.1, -0.05) is 6.07 Å². The van der Waals surface area contributed by atoms with E-state index in [1.54, 1.807) is 7.11 Å². The second kappa shape index (κ2) is 8.07. The minimum atomic E-state index is 0.423. The number of nitrogens with two attached hydrogens (primary N) is 1. The summed E-state index contributed by atoms with van der Waals surface area (Å²) >= 11 is 0. The molecule has 2 aromatic rings. The molecule has 2 rings (SSSR count). The molecular weight excluding hydrogens is 278 g/mol. The van der Waals surface area contributed by atoms with E-state index >= 15 is 0 Å². The van der Waals surface area contributed by atoms with E-state index in [4.69, 9.17) is 10.5 Å². The van der Waals surface area contributed by atoms with Crippen LogP contribution in [0.3, 0.4) is 0 Å². The Morgan fingerprint density at radius 3 is 3.00 bits per heavy atom. The lowest BCUT2D eigenvalue weighted by Gasteiger charge is -2.07. The number of aryl methyl sites for hydroxylation is 2. The number of rotatable bonds is 7. The van der Waals surface area contributed by atoms with Crippen molar-refractivity contribution in [2.24, 2.45) is 10.7 Å². The number of guanidine groups is 1. The van der Waals surface area contributed by atoms with Gasteiger partial charge in [-0.2, -0.15) is 0 Å². The van der Waals surface area contributed by atoms with Crippen molar-refractivity contribution in [3.05, 3.63) is 42.5 Å². The number of aliphatic imine (C=N–C) groups is 1. The smallest absolute Gasteiger partial charge is 0.193 e. The van der Waals surface area contributed by atoms with Crippen LogP contribution >= 0.6 is 0 Å². The van der Waals surface area contributed by atoms with Gasteiger partial charge in [0, 0.05) is 37.2 Å². The van der Waals surface area contributed by atoms with Crippen molar-refractivity contribution in [3.8, 4) is 5.75 Å². The molecule has 1 aromatic carbocycles. The van der Waals surface area contributed by atoms with Crippen LogP contribution in [0.5, 0.6) is 5.75 Å². The Balaban J connectivity index is 1.72. The quantitative estimate of drug-likeness (QED) is 0.468. The molecule has 6 nitrogen and oxygen atoms in total. The second-order valence-corrected chi connectivity index (χ2v) is 5.00. The van der Waals surface area contributed by atoms with Crippen molar-refractivity contribution < 1.29 is 4.74 Å². The zero-order valence-electron chi connectivity index (χ0n) is 13.1. The van der Waals surface area contributed by atoms with Gasteiger partial charge in [0.1, 0.15) is 11.6 Å². The molecule has 1 heterocycles. The molecule has 0 aliphatic carbocycles. The number of aromatic nitrogens is 2. The van der Waals surface area contributed by atoms with Crippen molar-refractivity contribution in [2.45, 2.75) is 26.3 Å². The first-order valence-corrected chi connectivity index (χ1v) is 7.38. The van der Waals surface area contributed by atoms with Crippen LogP contribution in [0, 0.1) is 6.92 Å². The van der Waals surface area contributed by atoms with Crippen LogP contribution in [0.15, 0.2) is 41.7 Å². The number of nitrogens with one attached hydrogen (secondary N) is 1. The number of imidazole rings is 1. The highest BCUT2D eigenvalue weighted by atomic mass is 16.5. The Labute approximate surface area is 131 Å². The fourth-order valence-corrected chi connectivity index (χ4v) is 2.12. The van der Waals surface area contributed by atoms with Crippen LogP contribution in [0.1, 0.15) is 18.7 Å². The van der Waals surface area contributed by atoms with E-state index in [1.807, 2.05) is 43.6 Å². The summed E-state index contributed by atoms with van der Waals surface area (Å²) in [5.74, 6) is 2.25. The van der Waals surface area contributed by atoms with Gasteiger partial charge in [-0.3, -0.25) is 4.99 Å². The molecule has 1 aromatic heterocycles. The second-order valence-electron chi connectivity index (χ2n) is 5.00. The highest BCUT2D eigenvalue weighted by Crippen LogP contribution is 2.16. The molecule has 0 atom stereocenters. The summed E-state index contributed by atoms with van der Waals surface area (Å²) in [5.41, 5.74) is 6.75. The molecule has 0 spiro atoms. The molecular formula is C16H23N5O. The molecule has 0 radical (unpaired) electrons. The van der Waals surface area contributed by atoms with Gasteiger partial charge < -0.3 is 20.4 Å². The summed E-state index contributed by atoms with van der Waals surface area (Å²) < 4.78 is 7.31. The molecule has 0 amide bonds. The van der Waals surface area contributed by atoms with Crippen LogP contribution in [-0.4, -0.2) is 29.2 Å². The summed E-state index contributed by atoms with van der Waals surface area (Å²) in [6, 6.07) is 7.59. The van der Waals surface area contributed by atoms with Gasteiger partial charge in [0.05, 0.1) is 7.11 Å². The van der Waals surface area contributed by atoms with Crippen LogP contribution < -0.4 is 15.8 Å². The normalized spacial score (nSPS) is 11.5. The minimum absolute atomic E-state index is 0.423. The van der Waals surface area contributed by atoms with E-state index in [9.17, 15) is 0 Å². The number of benzene rings is 1. The largest absolute Gasteiger partial charge is 0.497 e. The number of hydrogen-bond donors (Lipinski definition) is 2. The lowest BCUT2D eigenvalue weighted by Crippen LogP contribution is -2.22. The van der Waals surface area contributed by atoms with Crippen molar-refractivity contribution in [3.63, 3.8) is 0 Å². The molecule has 118 valence electrons. The topological polar surface area (TPSA) is 77.5 Å². The highest BCUT2D eigenvalue weighted by Gasteiger charge is 1.98. The molecule has 22 heavy (non-hydrogen) atoms. The molecule has 0 fully saturated rings. The van der Waals surface area contributed by atoms with Crippen molar-refractivity contribution in [2.75, 3.05) is 19.0 Å². The third kappa shape index (κ3) is 4.80. The average molecular weight is 301 g/mol. The average Bonchev–Trinajstić information content (AvgIpc) is 2.92. The summed E-state index contributed by atoms with van der Waals surface area (Å²) in [7, 11) is 1.64. The maximum absolute atomic E-state index is 5.88. The van der Waals surface area contributed by atoms with Crippen molar-refractivity contribution in [1.29, 1.82) is 0 Å². The van der Waals surface area contributed by atoms with Gasteiger partial charge >= 0.3 is 0 Å². The van der Waals surface area contributed by atoms with Gasteiger partial charge in [0.2, 0.25) is 0 Å². The molecule has 0 aliphatic heterocycles. The van der Waals surface area contributed by atoms with Crippen molar-refractivity contribution >= 4 is 11.6 Å². The van der Waals surface area contributed by atoms with Crippen LogP contribution in [-0.2, 0) is 6.54 Å². The molecule has 0 saturated carbocycles. The molecule has 3 N–H and O–H groups in total. The highest BCUT2D eigenvalue weighted by molar-refractivity contribution is 5.92. The molecule has 6 heteroatoms. The summed E-state index contributed by atoms with van der Waals surface area (Å²) in [6.45, 7) is 3.68. The third-order valence-electron chi connectivity index (χ3n) is 3.36. The Kier molecular flexibility index (Phi) is 5.82. The van der Waals surface area contributed by atoms with Crippen molar-refractivity contribution in [1.82, 2.24) is 9.55 Å². The lowest BCUT2D eigenvalue weighted by molar-refractivity contribution is 0.415. The lowest BCUT2D eigenvalue weighted by atomic mass is 10.3. The maximum Gasteiger partial charge on any atom is 0.193 e. The van der Waals surface area contributed by atoms with Crippen LogP contribution in [0.2, 0.25) is 0 Å². The van der Waals surface area contributed by atoms with Crippen LogP contribution in [0.4, 0.5) is 5.69 Å². The number of anilines is 1. The number of methoxy groups -OCH3 is 1. The number of unbranched alkanes of at least 4 members (excludes halogenated alkanes) is 1. The maximum atomic E-state index is 5.88. The number of nitrogens with zero attached hydrogens (tertiary/aromatic N) is 3. The van der Waals surface area contributed by atoms with E-state index in [2.05, 4.69) is 19.9 Å². The minimum Gasteiger partial charge on any atom is -0.497 e. The molecule has 0 bridgehead atoms. The van der Waals surface area contributed by atoms with E-state index in [0.717, 1.165) is 36.6 Å². The fourth-order valence-electron chi connectivity index (χ4n) is 2.12. The number of ether oxygens (including phenoxy) is 1.